The number of hydrogen-bond donors (Lipinski definition) is 1. The topological polar surface area (TPSA) is 43.1 Å². The van der Waals surface area contributed by atoms with Crippen LogP contribution in [0, 0.1) is 17.8 Å². The van der Waals surface area contributed by atoms with Crippen LogP contribution in [0.5, 0.6) is 0 Å². The maximum absolute atomic E-state index is 10.9. The highest BCUT2D eigenvalue weighted by molar-refractivity contribution is 5.76. The first-order valence-electron chi connectivity index (χ1n) is 5.24. The second-order valence-corrected chi connectivity index (χ2v) is 4.49. The molecule has 2 atom stereocenters. The number of rotatable bonds is 6. The van der Waals surface area contributed by atoms with Gasteiger partial charge < -0.3 is 5.73 Å². The summed E-state index contributed by atoms with van der Waals surface area (Å²) in [5.41, 5.74) is 5.23. The Hall–Kier alpha value is -0.530. The summed E-state index contributed by atoms with van der Waals surface area (Å²) in [7, 11) is 0. The molecule has 0 heterocycles. The number of carbonyl (C=O) groups is 1. The van der Waals surface area contributed by atoms with Crippen molar-refractivity contribution in [2.24, 2.45) is 23.5 Å². The third-order valence-electron chi connectivity index (χ3n) is 2.74. The second-order valence-electron chi connectivity index (χ2n) is 4.49. The fourth-order valence-electron chi connectivity index (χ4n) is 1.38. The predicted molar refractivity (Wildman–Crippen MR) is 56.2 cm³/mol. The van der Waals surface area contributed by atoms with E-state index in [0.717, 1.165) is 12.3 Å². The molecule has 0 aliphatic heterocycles. The highest BCUT2D eigenvalue weighted by atomic mass is 16.1. The van der Waals surface area contributed by atoms with Crippen LogP contribution in [0.1, 0.15) is 47.0 Å². The molecule has 0 aliphatic carbocycles. The van der Waals surface area contributed by atoms with Gasteiger partial charge in [-0.3, -0.25) is 4.79 Å². The molecule has 0 saturated carbocycles. The van der Waals surface area contributed by atoms with Crippen LogP contribution in [-0.4, -0.2) is 5.91 Å². The van der Waals surface area contributed by atoms with Crippen LogP contribution in [0.4, 0.5) is 0 Å². The van der Waals surface area contributed by atoms with Gasteiger partial charge >= 0.3 is 0 Å². The van der Waals surface area contributed by atoms with Crippen LogP contribution in [-0.2, 0) is 4.79 Å². The van der Waals surface area contributed by atoms with Crippen LogP contribution in [0.2, 0.25) is 0 Å². The molecule has 0 aromatic carbocycles. The van der Waals surface area contributed by atoms with Crippen LogP contribution in [0.15, 0.2) is 0 Å². The van der Waals surface area contributed by atoms with E-state index >= 15 is 0 Å². The Kier molecular flexibility index (Phi) is 5.76. The average molecular weight is 185 g/mol. The molecule has 0 bridgehead atoms. The third-order valence-corrected chi connectivity index (χ3v) is 2.74. The van der Waals surface area contributed by atoms with Gasteiger partial charge in [0.2, 0.25) is 5.91 Å². The molecule has 2 unspecified atom stereocenters. The van der Waals surface area contributed by atoms with Crippen LogP contribution in [0.25, 0.3) is 0 Å². The van der Waals surface area contributed by atoms with Crippen molar-refractivity contribution in [1.29, 1.82) is 0 Å². The van der Waals surface area contributed by atoms with Gasteiger partial charge in [-0.1, -0.05) is 40.5 Å². The first kappa shape index (κ1) is 12.5. The van der Waals surface area contributed by atoms with Crippen molar-refractivity contribution < 1.29 is 4.79 Å². The first-order chi connectivity index (χ1) is 5.95. The normalized spacial score (nSPS) is 15.8. The SMILES string of the molecule is CC(C)CCCC(C)C(C)C(N)=O. The van der Waals surface area contributed by atoms with Crippen LogP contribution < -0.4 is 5.73 Å². The summed E-state index contributed by atoms with van der Waals surface area (Å²) in [5, 5.41) is 0. The van der Waals surface area contributed by atoms with Gasteiger partial charge in [0.15, 0.2) is 0 Å². The van der Waals surface area contributed by atoms with E-state index < -0.39 is 0 Å². The number of nitrogens with two attached hydrogens (primary N) is 1. The van der Waals surface area contributed by atoms with E-state index in [1.807, 2.05) is 6.92 Å². The van der Waals surface area contributed by atoms with Gasteiger partial charge in [0.05, 0.1) is 0 Å². The molecule has 0 aromatic heterocycles. The minimum atomic E-state index is -0.169. The van der Waals surface area contributed by atoms with E-state index in [0.29, 0.717) is 5.92 Å². The number of carbonyl (C=O) groups excluding carboxylic acids is 1. The Balaban J connectivity index is 3.61. The fraction of sp³-hybridized carbons (Fsp3) is 0.909. The lowest BCUT2D eigenvalue weighted by molar-refractivity contribution is -0.122. The summed E-state index contributed by atoms with van der Waals surface area (Å²) in [6.45, 7) is 8.47. The van der Waals surface area contributed by atoms with Crippen LogP contribution in [0.3, 0.4) is 0 Å². The fourth-order valence-corrected chi connectivity index (χ4v) is 1.38. The molecule has 2 nitrogen and oxygen atoms in total. The highest BCUT2D eigenvalue weighted by Crippen LogP contribution is 2.19. The van der Waals surface area contributed by atoms with Gasteiger partial charge in [-0.05, 0) is 18.3 Å². The number of amides is 1. The lowest BCUT2D eigenvalue weighted by Crippen LogP contribution is -2.26. The van der Waals surface area contributed by atoms with E-state index in [1.165, 1.54) is 12.8 Å². The highest BCUT2D eigenvalue weighted by Gasteiger charge is 2.16. The zero-order valence-corrected chi connectivity index (χ0v) is 9.34. The van der Waals surface area contributed by atoms with Crippen molar-refractivity contribution in [3.63, 3.8) is 0 Å². The van der Waals surface area contributed by atoms with Crippen molar-refractivity contribution in [2.45, 2.75) is 47.0 Å². The Labute approximate surface area is 81.9 Å². The van der Waals surface area contributed by atoms with Crippen molar-refractivity contribution in [2.75, 3.05) is 0 Å². The lowest BCUT2D eigenvalue weighted by atomic mass is 9.89. The molecule has 0 radical (unpaired) electrons. The predicted octanol–water partition coefficient (Wildman–Crippen LogP) is 2.57. The van der Waals surface area contributed by atoms with Gasteiger partial charge in [0.25, 0.3) is 0 Å². The molecule has 0 fully saturated rings. The maximum Gasteiger partial charge on any atom is 0.220 e. The lowest BCUT2D eigenvalue weighted by Gasteiger charge is -2.16. The zero-order chi connectivity index (χ0) is 10.4. The molecule has 1 amide bonds. The Bertz CT molecular complexity index is 154. The minimum Gasteiger partial charge on any atom is -0.369 e. The van der Waals surface area contributed by atoms with Crippen molar-refractivity contribution in [3.8, 4) is 0 Å². The summed E-state index contributed by atoms with van der Waals surface area (Å²) >= 11 is 0. The van der Waals surface area contributed by atoms with E-state index in [2.05, 4.69) is 20.8 Å². The minimum absolute atomic E-state index is 0.0205. The smallest absolute Gasteiger partial charge is 0.220 e. The standard InChI is InChI=1S/C11H23NO/c1-8(2)6-5-7-9(3)10(4)11(12)13/h8-10H,5-7H2,1-4H3,(H2,12,13). The van der Waals surface area contributed by atoms with E-state index in [9.17, 15) is 4.79 Å². The zero-order valence-electron chi connectivity index (χ0n) is 9.34. The van der Waals surface area contributed by atoms with Gasteiger partial charge in [0.1, 0.15) is 0 Å². The van der Waals surface area contributed by atoms with Gasteiger partial charge in [-0.15, -0.1) is 0 Å². The summed E-state index contributed by atoms with van der Waals surface area (Å²) < 4.78 is 0. The Morgan fingerprint density at radius 1 is 1.15 bits per heavy atom. The van der Waals surface area contributed by atoms with Crippen molar-refractivity contribution >= 4 is 5.91 Å². The van der Waals surface area contributed by atoms with E-state index in [4.69, 9.17) is 5.73 Å². The van der Waals surface area contributed by atoms with E-state index in [1.54, 1.807) is 0 Å². The number of hydrogen-bond acceptors (Lipinski definition) is 1. The quantitative estimate of drug-likeness (QED) is 0.679. The van der Waals surface area contributed by atoms with Crippen molar-refractivity contribution in [3.05, 3.63) is 0 Å². The third kappa shape index (κ3) is 5.67. The summed E-state index contributed by atoms with van der Waals surface area (Å²) in [4.78, 5) is 10.9. The summed E-state index contributed by atoms with van der Waals surface area (Å²) in [6, 6.07) is 0. The summed E-state index contributed by atoms with van der Waals surface area (Å²) in [5.74, 6) is 1.04. The molecule has 0 aromatic rings. The molecule has 2 N–H and O–H groups in total. The molecule has 0 rings (SSSR count). The first-order valence-corrected chi connectivity index (χ1v) is 5.24. The molecule has 13 heavy (non-hydrogen) atoms. The van der Waals surface area contributed by atoms with E-state index in [-0.39, 0.29) is 11.8 Å². The largest absolute Gasteiger partial charge is 0.369 e. The molecular formula is C11H23NO. The molecule has 2 heteroatoms. The average Bonchev–Trinajstić information content (AvgIpc) is 2.02. The monoisotopic (exact) mass is 185 g/mol. The van der Waals surface area contributed by atoms with Crippen molar-refractivity contribution in [1.82, 2.24) is 0 Å². The molecule has 0 spiro atoms. The van der Waals surface area contributed by atoms with Gasteiger partial charge in [-0.25, -0.2) is 0 Å². The van der Waals surface area contributed by atoms with Crippen LogP contribution >= 0.6 is 0 Å². The van der Waals surface area contributed by atoms with Gasteiger partial charge in [0, 0.05) is 5.92 Å². The molecule has 78 valence electrons. The maximum atomic E-state index is 10.9. The number of primary amides is 1. The Morgan fingerprint density at radius 2 is 1.69 bits per heavy atom. The summed E-state index contributed by atoms with van der Waals surface area (Å²) in [6.07, 6.45) is 3.56. The van der Waals surface area contributed by atoms with Gasteiger partial charge in [-0.2, -0.15) is 0 Å². The molecule has 0 saturated heterocycles. The Morgan fingerprint density at radius 3 is 2.08 bits per heavy atom. The second kappa shape index (κ2) is 6.01. The molecular weight excluding hydrogens is 162 g/mol. The molecule has 0 aliphatic rings.